The Labute approximate surface area is 306 Å². The molecule has 0 unspecified atom stereocenters. The average Bonchev–Trinajstić information content (AvgIpc) is 3.07. The van der Waals surface area contributed by atoms with Crippen molar-refractivity contribution in [3.8, 4) is 11.5 Å². The highest BCUT2D eigenvalue weighted by atomic mass is 35.5. The van der Waals surface area contributed by atoms with Crippen molar-refractivity contribution in [2.24, 2.45) is 0 Å². The maximum absolute atomic E-state index is 13.1. The van der Waals surface area contributed by atoms with E-state index < -0.39 is 41.3 Å². The standard InChI is InChI=1S/C20H19ClF2N2O4.C16H11ClF2N2O3/c1-20(2,28)11-25-16-9-13(21)5-8-15(16)17(26)24(19(25)27)10-12-3-6-14(7-4-12)29-18(22)23;17-10-3-6-12-13(7-10)20-16(23)21(14(12)22)8-9-1-4-11(5-2-9)24-15(18)19/h3-9,18,28H,10-11H2,1-2H3;1-7,15H,8H2,(H,20,23). The molecule has 2 heterocycles. The van der Waals surface area contributed by atoms with E-state index in [4.69, 9.17) is 23.2 Å². The number of ether oxygens (including phenoxy) is 2. The SMILES string of the molecule is CC(C)(O)Cn1c(=O)n(Cc2ccc(OC(F)F)cc2)c(=O)c2ccc(Cl)cc21.O=c1[nH]c2cc(Cl)ccc2c(=O)n1Cc1ccc(OC(F)F)cc1. The molecule has 53 heavy (non-hydrogen) atoms. The number of H-pyrrole nitrogens is 1. The Bertz CT molecular complexity index is 2490. The minimum absolute atomic E-state index is 0.00168. The first kappa shape index (κ1) is 38.8. The second-order valence-electron chi connectivity index (χ2n) is 12.3. The summed E-state index contributed by atoms with van der Waals surface area (Å²) in [6.45, 7) is -2.87. The Morgan fingerprint density at radius 1 is 0.679 bits per heavy atom. The zero-order valence-electron chi connectivity index (χ0n) is 27.9. The Kier molecular flexibility index (Phi) is 11.8. The fourth-order valence-corrected chi connectivity index (χ4v) is 5.70. The van der Waals surface area contributed by atoms with E-state index in [-0.39, 0.29) is 36.5 Å². The van der Waals surface area contributed by atoms with Crippen molar-refractivity contribution in [3.63, 3.8) is 0 Å². The van der Waals surface area contributed by atoms with Gasteiger partial charge in [0.15, 0.2) is 0 Å². The third-order valence-corrected chi connectivity index (χ3v) is 8.13. The van der Waals surface area contributed by atoms with Gasteiger partial charge >= 0.3 is 24.6 Å². The zero-order valence-corrected chi connectivity index (χ0v) is 29.4. The summed E-state index contributed by atoms with van der Waals surface area (Å²) in [4.78, 5) is 53.1. The van der Waals surface area contributed by atoms with Crippen LogP contribution in [0.2, 0.25) is 10.0 Å². The quantitative estimate of drug-likeness (QED) is 0.158. The van der Waals surface area contributed by atoms with Crippen LogP contribution in [0.5, 0.6) is 11.5 Å². The number of hydrogen-bond donors (Lipinski definition) is 2. The topological polar surface area (TPSA) is 138 Å². The van der Waals surface area contributed by atoms with E-state index in [1.165, 1.54) is 77.4 Å². The van der Waals surface area contributed by atoms with Crippen molar-refractivity contribution in [2.75, 3.05) is 0 Å². The van der Waals surface area contributed by atoms with Gasteiger partial charge in [-0.1, -0.05) is 47.5 Å². The monoisotopic (exact) mass is 776 g/mol. The summed E-state index contributed by atoms with van der Waals surface area (Å²) in [5, 5.41) is 11.6. The number of rotatable bonds is 10. The van der Waals surface area contributed by atoms with E-state index in [9.17, 15) is 41.8 Å². The number of fused-ring (bicyclic) bond motifs is 2. The molecule has 0 aliphatic rings. The first-order valence-corrected chi connectivity index (χ1v) is 16.4. The summed E-state index contributed by atoms with van der Waals surface area (Å²) in [7, 11) is 0. The van der Waals surface area contributed by atoms with Crippen LogP contribution < -0.4 is 32.0 Å². The van der Waals surface area contributed by atoms with E-state index in [2.05, 4.69) is 14.5 Å². The number of nitrogens with zero attached hydrogens (tertiary/aromatic N) is 3. The molecule has 0 aliphatic carbocycles. The van der Waals surface area contributed by atoms with E-state index in [0.29, 0.717) is 37.6 Å². The van der Waals surface area contributed by atoms with Crippen molar-refractivity contribution >= 4 is 45.0 Å². The van der Waals surface area contributed by atoms with Crippen LogP contribution in [0.4, 0.5) is 17.6 Å². The van der Waals surface area contributed by atoms with Crippen LogP contribution in [0.3, 0.4) is 0 Å². The lowest BCUT2D eigenvalue weighted by Gasteiger charge is -2.21. The van der Waals surface area contributed by atoms with Crippen LogP contribution >= 0.6 is 23.2 Å². The fourth-order valence-electron chi connectivity index (χ4n) is 5.36. The van der Waals surface area contributed by atoms with Crippen LogP contribution in [0.25, 0.3) is 21.8 Å². The number of alkyl halides is 4. The van der Waals surface area contributed by atoms with Crippen LogP contribution in [0.15, 0.2) is 104 Å². The van der Waals surface area contributed by atoms with Crippen LogP contribution in [-0.2, 0) is 19.6 Å². The molecule has 0 spiro atoms. The van der Waals surface area contributed by atoms with Gasteiger partial charge in [0.1, 0.15) is 11.5 Å². The van der Waals surface area contributed by atoms with Crippen molar-refractivity contribution in [3.05, 3.63) is 148 Å². The second kappa shape index (κ2) is 16.1. The maximum Gasteiger partial charge on any atom is 0.387 e. The third-order valence-electron chi connectivity index (χ3n) is 7.66. The van der Waals surface area contributed by atoms with Crippen molar-refractivity contribution in [1.82, 2.24) is 18.7 Å². The molecule has 0 atom stereocenters. The number of benzene rings is 4. The summed E-state index contributed by atoms with van der Waals surface area (Å²) < 4.78 is 60.8. The van der Waals surface area contributed by atoms with Crippen molar-refractivity contribution < 1.29 is 32.1 Å². The van der Waals surface area contributed by atoms with E-state index in [0.717, 1.165) is 9.13 Å². The molecule has 17 heteroatoms. The van der Waals surface area contributed by atoms with Gasteiger partial charge in [-0.25, -0.2) is 9.59 Å². The fraction of sp³-hybridized carbons (Fsp3) is 0.222. The van der Waals surface area contributed by atoms with Gasteiger partial charge in [-0.05, 0) is 85.6 Å². The van der Waals surface area contributed by atoms with Gasteiger partial charge in [0.05, 0.1) is 47.0 Å². The lowest BCUT2D eigenvalue weighted by molar-refractivity contribution is -0.0505. The lowest BCUT2D eigenvalue weighted by atomic mass is 10.1. The maximum atomic E-state index is 13.1. The normalized spacial score (nSPS) is 11.6. The number of halogens is 6. The smallest absolute Gasteiger partial charge is 0.387 e. The summed E-state index contributed by atoms with van der Waals surface area (Å²) in [6, 6.07) is 20.6. The minimum atomic E-state index is -2.94. The Hall–Kier alpha value is -5.38. The number of nitrogens with one attached hydrogen (secondary N) is 1. The molecule has 0 saturated carbocycles. The van der Waals surface area contributed by atoms with E-state index >= 15 is 0 Å². The van der Waals surface area contributed by atoms with Crippen LogP contribution in [-0.4, -0.2) is 42.6 Å². The molecule has 11 nitrogen and oxygen atoms in total. The molecule has 0 bridgehead atoms. The largest absolute Gasteiger partial charge is 0.435 e. The number of aromatic amines is 1. The zero-order chi connectivity index (χ0) is 38.6. The van der Waals surface area contributed by atoms with Gasteiger partial charge < -0.3 is 19.6 Å². The van der Waals surface area contributed by atoms with Gasteiger partial charge in [0.2, 0.25) is 0 Å². The predicted molar refractivity (Wildman–Crippen MR) is 192 cm³/mol. The highest BCUT2D eigenvalue weighted by molar-refractivity contribution is 6.31. The molecular weight excluding hydrogens is 747 g/mol. The van der Waals surface area contributed by atoms with Gasteiger partial charge in [0.25, 0.3) is 11.1 Å². The predicted octanol–water partition coefficient (Wildman–Crippen LogP) is 6.23. The highest BCUT2D eigenvalue weighted by Crippen LogP contribution is 2.20. The molecule has 2 N–H and O–H groups in total. The summed E-state index contributed by atoms with van der Waals surface area (Å²) in [5.41, 5.74) is -1.55. The van der Waals surface area contributed by atoms with Gasteiger partial charge in [-0.15, -0.1) is 0 Å². The molecule has 0 saturated heterocycles. The van der Waals surface area contributed by atoms with E-state index in [1.807, 2.05) is 0 Å². The first-order chi connectivity index (χ1) is 25.0. The summed E-state index contributed by atoms with van der Waals surface area (Å²) in [5.74, 6) is -0.0214. The lowest BCUT2D eigenvalue weighted by Crippen LogP contribution is -2.43. The molecule has 278 valence electrons. The van der Waals surface area contributed by atoms with E-state index in [1.54, 1.807) is 26.0 Å². The number of hydrogen-bond acceptors (Lipinski definition) is 7. The molecular formula is C36H30Cl2F4N4O7. The molecule has 0 aliphatic heterocycles. The van der Waals surface area contributed by atoms with Crippen LogP contribution in [0.1, 0.15) is 25.0 Å². The minimum Gasteiger partial charge on any atom is -0.435 e. The van der Waals surface area contributed by atoms with Gasteiger partial charge in [0, 0.05) is 10.0 Å². The van der Waals surface area contributed by atoms with Crippen molar-refractivity contribution in [2.45, 2.75) is 52.3 Å². The van der Waals surface area contributed by atoms with Gasteiger partial charge in [-0.3, -0.25) is 23.3 Å². The molecule has 4 aromatic carbocycles. The molecule has 0 amide bonds. The molecule has 0 fully saturated rings. The van der Waals surface area contributed by atoms with Gasteiger partial charge in [-0.2, -0.15) is 17.6 Å². The summed E-state index contributed by atoms with van der Waals surface area (Å²) >= 11 is 11.9. The Balaban J connectivity index is 0.000000208. The highest BCUT2D eigenvalue weighted by Gasteiger charge is 2.20. The number of aromatic nitrogens is 4. The molecule has 2 aromatic heterocycles. The third kappa shape index (κ3) is 9.74. The first-order valence-electron chi connectivity index (χ1n) is 15.6. The average molecular weight is 778 g/mol. The van der Waals surface area contributed by atoms with Crippen molar-refractivity contribution in [1.29, 1.82) is 0 Å². The Morgan fingerprint density at radius 3 is 1.66 bits per heavy atom. The summed E-state index contributed by atoms with van der Waals surface area (Å²) in [6.07, 6.45) is 0. The molecule has 6 rings (SSSR count). The van der Waals surface area contributed by atoms with Crippen LogP contribution in [0, 0.1) is 0 Å². The second-order valence-corrected chi connectivity index (χ2v) is 13.2. The number of aliphatic hydroxyl groups is 1. The molecule has 6 aromatic rings. The molecule has 0 radical (unpaired) electrons. The Morgan fingerprint density at radius 2 is 1.15 bits per heavy atom.